The summed E-state index contributed by atoms with van der Waals surface area (Å²) in [6.07, 6.45) is -4.39. The molecule has 0 aromatic heterocycles. The molecule has 0 heterocycles. The molecule has 0 aliphatic carbocycles. The second-order valence-corrected chi connectivity index (χ2v) is 2.78. The number of rotatable bonds is 0. The second-order valence-electron chi connectivity index (χ2n) is 2.78. The van der Waals surface area contributed by atoms with Gasteiger partial charge >= 0.3 is 6.18 Å². The Morgan fingerprint density at radius 1 is 1.08 bits per heavy atom. The summed E-state index contributed by atoms with van der Waals surface area (Å²) in [5.74, 6) is 0. The monoisotopic (exact) mass is 180 g/mol. The summed E-state index contributed by atoms with van der Waals surface area (Å²) in [5.41, 5.74) is -0.208. The number of hydrogen-bond donors (Lipinski definition) is 0. The third kappa shape index (κ3) is 2.08. The van der Waals surface area contributed by atoms with Gasteiger partial charge in [-0.05, 0) is 6.92 Å². The highest BCUT2D eigenvalue weighted by Gasteiger charge is 2.30. The van der Waals surface area contributed by atoms with Gasteiger partial charge in [-0.2, -0.15) is 13.2 Å². The van der Waals surface area contributed by atoms with E-state index < -0.39 is 11.7 Å². The van der Waals surface area contributed by atoms with Crippen molar-refractivity contribution in [3.05, 3.63) is 23.3 Å². The maximum atomic E-state index is 12.2. The topological polar surface area (TPSA) is 0 Å². The normalized spacial score (nSPS) is 11.7. The van der Waals surface area contributed by atoms with E-state index in [2.05, 4.69) is 0 Å². The van der Waals surface area contributed by atoms with E-state index in [1.54, 1.807) is 6.92 Å². The minimum atomic E-state index is -4.39. The summed E-state index contributed by atoms with van der Waals surface area (Å²) in [4.78, 5) is 0. The molecular formula is C8H5B2F3. The van der Waals surface area contributed by atoms with Gasteiger partial charge in [-0.1, -0.05) is 28.6 Å². The van der Waals surface area contributed by atoms with E-state index in [-0.39, 0.29) is 10.9 Å². The zero-order valence-corrected chi connectivity index (χ0v) is 6.94. The fourth-order valence-electron chi connectivity index (χ4n) is 0.924. The lowest BCUT2D eigenvalue weighted by Gasteiger charge is -2.12. The lowest BCUT2D eigenvalue weighted by atomic mass is 9.80. The van der Waals surface area contributed by atoms with Crippen LogP contribution in [0.4, 0.5) is 13.2 Å². The van der Waals surface area contributed by atoms with E-state index >= 15 is 0 Å². The molecule has 1 aromatic rings. The van der Waals surface area contributed by atoms with Crippen molar-refractivity contribution in [2.45, 2.75) is 13.1 Å². The van der Waals surface area contributed by atoms with Crippen LogP contribution in [0.15, 0.2) is 12.1 Å². The fraction of sp³-hybridized carbons (Fsp3) is 0.250. The van der Waals surface area contributed by atoms with Crippen molar-refractivity contribution in [3.8, 4) is 0 Å². The summed E-state index contributed by atoms with van der Waals surface area (Å²) in [5, 5.41) is 0. The first-order chi connectivity index (χ1) is 5.82. The zero-order chi connectivity index (χ0) is 10.2. The van der Waals surface area contributed by atoms with E-state index in [9.17, 15) is 13.2 Å². The third-order valence-electron chi connectivity index (χ3n) is 1.82. The van der Waals surface area contributed by atoms with Gasteiger partial charge in [0.05, 0.1) is 5.56 Å². The Hall–Kier alpha value is -0.860. The van der Waals surface area contributed by atoms with Crippen LogP contribution in [0.1, 0.15) is 11.1 Å². The van der Waals surface area contributed by atoms with E-state index in [1.807, 2.05) is 0 Å². The number of alkyl halides is 3. The Balaban J connectivity index is 3.29. The van der Waals surface area contributed by atoms with Crippen LogP contribution in [0.3, 0.4) is 0 Å². The quantitative estimate of drug-likeness (QED) is 0.512. The molecule has 13 heavy (non-hydrogen) atoms. The minimum absolute atomic E-state index is 0.0623. The summed E-state index contributed by atoms with van der Waals surface area (Å²) in [6.45, 7) is 1.57. The van der Waals surface area contributed by atoms with Crippen LogP contribution in [-0.4, -0.2) is 15.7 Å². The maximum Gasteiger partial charge on any atom is 0.416 e. The lowest BCUT2D eigenvalue weighted by molar-refractivity contribution is -0.137. The highest BCUT2D eigenvalue weighted by molar-refractivity contribution is 6.39. The molecule has 0 aliphatic rings. The summed E-state index contributed by atoms with van der Waals surface area (Å²) in [7, 11) is 10.7. The first-order valence-corrected chi connectivity index (χ1v) is 3.55. The molecule has 0 nitrogen and oxygen atoms in total. The first-order valence-electron chi connectivity index (χ1n) is 3.55. The Morgan fingerprint density at radius 3 is 1.77 bits per heavy atom. The SMILES string of the molecule is [B]c1cc(C(F)(F)F)cc([B])c1C. The highest BCUT2D eigenvalue weighted by atomic mass is 19.4. The van der Waals surface area contributed by atoms with Crippen LogP contribution in [0.5, 0.6) is 0 Å². The van der Waals surface area contributed by atoms with Gasteiger partial charge in [0.1, 0.15) is 15.7 Å². The van der Waals surface area contributed by atoms with Crippen LogP contribution in [-0.2, 0) is 6.18 Å². The van der Waals surface area contributed by atoms with Crippen molar-refractivity contribution < 1.29 is 13.2 Å². The van der Waals surface area contributed by atoms with Crippen LogP contribution >= 0.6 is 0 Å². The van der Waals surface area contributed by atoms with E-state index in [0.717, 1.165) is 12.1 Å². The molecule has 0 saturated carbocycles. The molecule has 0 bridgehead atoms. The van der Waals surface area contributed by atoms with Crippen molar-refractivity contribution in [1.29, 1.82) is 0 Å². The van der Waals surface area contributed by atoms with E-state index in [1.165, 1.54) is 0 Å². The predicted molar refractivity (Wildman–Crippen MR) is 47.0 cm³/mol. The minimum Gasteiger partial charge on any atom is -0.166 e. The molecule has 1 aromatic carbocycles. The van der Waals surface area contributed by atoms with Gasteiger partial charge < -0.3 is 0 Å². The maximum absolute atomic E-state index is 12.2. The Kier molecular flexibility index (Phi) is 2.46. The smallest absolute Gasteiger partial charge is 0.166 e. The molecule has 0 aliphatic heterocycles. The van der Waals surface area contributed by atoms with Crippen molar-refractivity contribution in [3.63, 3.8) is 0 Å². The van der Waals surface area contributed by atoms with Gasteiger partial charge in [-0.25, -0.2) is 0 Å². The third-order valence-corrected chi connectivity index (χ3v) is 1.82. The molecule has 0 saturated heterocycles. The van der Waals surface area contributed by atoms with Gasteiger partial charge in [0.25, 0.3) is 0 Å². The highest BCUT2D eigenvalue weighted by Crippen LogP contribution is 2.27. The van der Waals surface area contributed by atoms with Crippen LogP contribution in [0.2, 0.25) is 0 Å². The van der Waals surface area contributed by atoms with Crippen LogP contribution in [0.25, 0.3) is 0 Å². The van der Waals surface area contributed by atoms with Crippen molar-refractivity contribution in [1.82, 2.24) is 0 Å². The zero-order valence-electron chi connectivity index (χ0n) is 6.94. The Labute approximate surface area is 77.0 Å². The van der Waals surface area contributed by atoms with Gasteiger partial charge in [0, 0.05) is 0 Å². The van der Waals surface area contributed by atoms with Crippen LogP contribution in [0, 0.1) is 6.92 Å². The van der Waals surface area contributed by atoms with Gasteiger partial charge in [-0.3, -0.25) is 0 Å². The van der Waals surface area contributed by atoms with Gasteiger partial charge in [0.15, 0.2) is 0 Å². The summed E-state index contributed by atoms with van der Waals surface area (Å²) >= 11 is 0. The average molecular weight is 180 g/mol. The summed E-state index contributed by atoms with van der Waals surface area (Å²) in [6, 6.07) is 1.76. The Bertz CT molecular complexity index is 308. The molecule has 0 spiro atoms. The molecule has 5 heteroatoms. The molecule has 0 fully saturated rings. The molecule has 1 rings (SSSR count). The number of hydrogen-bond acceptors (Lipinski definition) is 0. The predicted octanol–water partition coefficient (Wildman–Crippen LogP) is 0.601. The first kappa shape index (κ1) is 10.2. The molecule has 0 unspecified atom stereocenters. The van der Waals surface area contributed by atoms with Crippen molar-refractivity contribution >= 4 is 26.6 Å². The van der Waals surface area contributed by atoms with Gasteiger partial charge in [-0.15, -0.1) is 0 Å². The fourth-order valence-corrected chi connectivity index (χ4v) is 0.924. The second kappa shape index (κ2) is 3.13. The molecule has 0 amide bonds. The van der Waals surface area contributed by atoms with Gasteiger partial charge in [0.2, 0.25) is 0 Å². The van der Waals surface area contributed by atoms with E-state index in [0.29, 0.717) is 5.56 Å². The molecule has 4 radical (unpaired) electrons. The number of benzene rings is 1. The van der Waals surface area contributed by atoms with E-state index in [4.69, 9.17) is 15.7 Å². The molecule has 0 atom stereocenters. The van der Waals surface area contributed by atoms with Crippen molar-refractivity contribution in [2.75, 3.05) is 0 Å². The summed E-state index contributed by atoms with van der Waals surface area (Å²) < 4.78 is 36.5. The lowest BCUT2D eigenvalue weighted by Crippen LogP contribution is -2.23. The molecule has 0 N–H and O–H groups in total. The molecule has 64 valence electrons. The number of halogens is 3. The largest absolute Gasteiger partial charge is 0.416 e. The standard InChI is InChI=1S/C8H5B2F3/c1-4-6(9)2-5(3-7(4)10)8(11,12)13/h2-3H,1H3. The molecular weight excluding hydrogens is 175 g/mol. The Morgan fingerprint density at radius 2 is 1.46 bits per heavy atom. The van der Waals surface area contributed by atoms with Crippen molar-refractivity contribution in [2.24, 2.45) is 0 Å². The average Bonchev–Trinajstić information content (AvgIpc) is 1.97. The van der Waals surface area contributed by atoms with Crippen LogP contribution < -0.4 is 10.9 Å².